The summed E-state index contributed by atoms with van der Waals surface area (Å²) in [5, 5.41) is 0. The molecule has 1 aromatic rings. The molecule has 0 atom stereocenters. The Balaban J connectivity index is 2.28. The normalized spacial score (nSPS) is 19.1. The Morgan fingerprint density at radius 3 is 2.82 bits per heavy atom. The zero-order valence-corrected chi connectivity index (χ0v) is 10.7. The van der Waals surface area contributed by atoms with E-state index in [1.807, 2.05) is 18.2 Å². The van der Waals surface area contributed by atoms with Gasteiger partial charge in [0.2, 0.25) is 0 Å². The smallest absolute Gasteiger partial charge is 0.143 e. The Labute approximate surface area is 102 Å². The highest BCUT2D eigenvalue weighted by Gasteiger charge is 2.28. The van der Waals surface area contributed by atoms with Gasteiger partial charge in [-0.25, -0.2) is 0 Å². The molecule has 0 amide bonds. The Hall–Kier alpha value is -1.42. The maximum atomic E-state index is 6.11. The van der Waals surface area contributed by atoms with Crippen molar-refractivity contribution in [2.45, 2.75) is 19.4 Å². The summed E-state index contributed by atoms with van der Waals surface area (Å²) in [7, 11) is 1.64. The molecule has 1 aliphatic rings. The molecule has 1 heterocycles. The molecule has 0 bridgehead atoms. The van der Waals surface area contributed by atoms with Gasteiger partial charge in [0.05, 0.1) is 30.7 Å². The van der Waals surface area contributed by atoms with E-state index in [0.29, 0.717) is 5.69 Å². The Bertz CT molecular complexity index is 404. The molecular weight excluding hydrogens is 216 g/mol. The van der Waals surface area contributed by atoms with Gasteiger partial charge in [-0.15, -0.1) is 0 Å². The summed E-state index contributed by atoms with van der Waals surface area (Å²) in [6.07, 6.45) is 0. The minimum atomic E-state index is -0.131. The highest BCUT2D eigenvalue weighted by Crippen LogP contribution is 2.34. The highest BCUT2D eigenvalue weighted by molar-refractivity contribution is 5.74. The van der Waals surface area contributed by atoms with Gasteiger partial charge in [-0.3, -0.25) is 0 Å². The molecule has 0 aromatic heterocycles. The number of morpholine rings is 1. The van der Waals surface area contributed by atoms with E-state index in [1.54, 1.807) is 7.11 Å². The monoisotopic (exact) mass is 236 g/mol. The predicted octanol–water partition coefficient (Wildman–Crippen LogP) is 1.89. The van der Waals surface area contributed by atoms with Gasteiger partial charge in [0.1, 0.15) is 5.75 Å². The summed E-state index contributed by atoms with van der Waals surface area (Å²) >= 11 is 0. The molecule has 1 aliphatic heterocycles. The van der Waals surface area contributed by atoms with E-state index < -0.39 is 0 Å². The van der Waals surface area contributed by atoms with Gasteiger partial charge >= 0.3 is 0 Å². The van der Waals surface area contributed by atoms with Gasteiger partial charge < -0.3 is 20.1 Å². The molecule has 1 saturated heterocycles. The lowest BCUT2D eigenvalue weighted by atomic mass is 10.1. The summed E-state index contributed by atoms with van der Waals surface area (Å²) in [6.45, 7) is 6.61. The molecule has 17 heavy (non-hydrogen) atoms. The summed E-state index contributed by atoms with van der Waals surface area (Å²) in [4.78, 5) is 2.25. The Morgan fingerprint density at radius 2 is 2.18 bits per heavy atom. The molecular formula is C13H20N2O2. The fourth-order valence-corrected chi connectivity index (χ4v) is 2.21. The van der Waals surface area contributed by atoms with Crippen LogP contribution in [0.25, 0.3) is 0 Å². The SMILES string of the molecule is COc1cccc(N2CCOC(C)(C)C2)c1N. The first kappa shape index (κ1) is 12.0. The zero-order chi connectivity index (χ0) is 12.5. The fourth-order valence-electron chi connectivity index (χ4n) is 2.21. The van der Waals surface area contributed by atoms with Crippen LogP contribution in [0.1, 0.15) is 13.8 Å². The number of benzene rings is 1. The second-order valence-corrected chi connectivity index (χ2v) is 4.92. The van der Waals surface area contributed by atoms with Crippen LogP contribution in [0.3, 0.4) is 0 Å². The van der Waals surface area contributed by atoms with E-state index in [4.69, 9.17) is 15.2 Å². The number of hydrogen-bond donors (Lipinski definition) is 1. The van der Waals surface area contributed by atoms with Crippen molar-refractivity contribution in [2.75, 3.05) is 37.4 Å². The van der Waals surface area contributed by atoms with Gasteiger partial charge in [0.25, 0.3) is 0 Å². The van der Waals surface area contributed by atoms with Gasteiger partial charge in [0.15, 0.2) is 0 Å². The van der Waals surface area contributed by atoms with Crippen LogP contribution in [0.5, 0.6) is 5.75 Å². The third-order valence-electron chi connectivity index (χ3n) is 3.03. The van der Waals surface area contributed by atoms with Crippen LogP contribution in [-0.2, 0) is 4.74 Å². The number of nitrogens with zero attached hydrogens (tertiary/aromatic N) is 1. The quantitative estimate of drug-likeness (QED) is 0.797. The number of nitrogens with two attached hydrogens (primary N) is 1. The first-order valence-corrected chi connectivity index (χ1v) is 5.85. The van der Waals surface area contributed by atoms with Crippen LogP contribution in [0.15, 0.2) is 18.2 Å². The molecule has 2 N–H and O–H groups in total. The number of methoxy groups -OCH3 is 1. The summed E-state index contributed by atoms with van der Waals surface area (Å²) < 4.78 is 10.9. The molecule has 0 aliphatic carbocycles. The lowest BCUT2D eigenvalue weighted by Gasteiger charge is -2.40. The second-order valence-electron chi connectivity index (χ2n) is 4.92. The van der Waals surface area contributed by atoms with Crippen LogP contribution >= 0.6 is 0 Å². The largest absolute Gasteiger partial charge is 0.495 e. The predicted molar refractivity (Wildman–Crippen MR) is 69.7 cm³/mol. The van der Waals surface area contributed by atoms with Gasteiger partial charge in [-0.05, 0) is 26.0 Å². The third-order valence-corrected chi connectivity index (χ3v) is 3.03. The maximum Gasteiger partial charge on any atom is 0.143 e. The topological polar surface area (TPSA) is 47.7 Å². The molecule has 0 radical (unpaired) electrons. The Kier molecular flexibility index (Phi) is 3.15. The van der Waals surface area contributed by atoms with E-state index >= 15 is 0 Å². The van der Waals surface area contributed by atoms with Crippen molar-refractivity contribution in [3.8, 4) is 5.75 Å². The molecule has 0 unspecified atom stereocenters. The first-order valence-electron chi connectivity index (χ1n) is 5.85. The molecule has 4 nitrogen and oxygen atoms in total. The molecule has 4 heteroatoms. The summed E-state index contributed by atoms with van der Waals surface area (Å²) in [5.41, 5.74) is 7.70. The summed E-state index contributed by atoms with van der Waals surface area (Å²) in [6, 6.07) is 5.87. The lowest BCUT2D eigenvalue weighted by Crippen LogP contribution is -2.48. The lowest BCUT2D eigenvalue weighted by molar-refractivity contribution is -0.0276. The number of anilines is 2. The first-order chi connectivity index (χ1) is 8.03. The van der Waals surface area contributed by atoms with Crippen molar-refractivity contribution < 1.29 is 9.47 Å². The highest BCUT2D eigenvalue weighted by atomic mass is 16.5. The number of ether oxygens (including phenoxy) is 2. The van der Waals surface area contributed by atoms with Crippen LogP contribution in [0.4, 0.5) is 11.4 Å². The average molecular weight is 236 g/mol. The standard InChI is InChI=1S/C13H20N2O2/c1-13(2)9-15(7-8-17-13)10-5-4-6-11(16-3)12(10)14/h4-6H,7-9,14H2,1-3H3. The number of hydrogen-bond acceptors (Lipinski definition) is 4. The fraction of sp³-hybridized carbons (Fsp3) is 0.538. The van der Waals surface area contributed by atoms with Crippen molar-refractivity contribution in [1.29, 1.82) is 0 Å². The molecule has 1 aromatic carbocycles. The van der Waals surface area contributed by atoms with Gasteiger partial charge in [-0.1, -0.05) is 6.07 Å². The van der Waals surface area contributed by atoms with Crippen molar-refractivity contribution in [1.82, 2.24) is 0 Å². The van der Waals surface area contributed by atoms with Crippen molar-refractivity contribution >= 4 is 11.4 Å². The molecule has 2 rings (SSSR count). The molecule has 0 saturated carbocycles. The van der Waals surface area contributed by atoms with Crippen molar-refractivity contribution in [2.24, 2.45) is 0 Å². The molecule has 94 valence electrons. The minimum Gasteiger partial charge on any atom is -0.495 e. The third kappa shape index (κ3) is 2.47. The maximum absolute atomic E-state index is 6.11. The minimum absolute atomic E-state index is 0.131. The van der Waals surface area contributed by atoms with Crippen LogP contribution < -0.4 is 15.4 Å². The van der Waals surface area contributed by atoms with Gasteiger partial charge in [0, 0.05) is 13.1 Å². The average Bonchev–Trinajstić information content (AvgIpc) is 2.28. The van der Waals surface area contributed by atoms with E-state index in [1.165, 1.54) is 0 Å². The van der Waals surface area contributed by atoms with Crippen molar-refractivity contribution in [3.63, 3.8) is 0 Å². The van der Waals surface area contributed by atoms with Crippen LogP contribution in [-0.4, -0.2) is 32.4 Å². The van der Waals surface area contributed by atoms with Crippen molar-refractivity contribution in [3.05, 3.63) is 18.2 Å². The van der Waals surface area contributed by atoms with Crippen LogP contribution in [0.2, 0.25) is 0 Å². The number of nitrogen functional groups attached to an aromatic ring is 1. The van der Waals surface area contributed by atoms with Gasteiger partial charge in [-0.2, -0.15) is 0 Å². The summed E-state index contributed by atoms with van der Waals surface area (Å²) in [5.74, 6) is 0.729. The van der Waals surface area contributed by atoms with E-state index in [0.717, 1.165) is 31.1 Å². The molecule has 0 spiro atoms. The number of para-hydroxylation sites is 1. The molecule has 1 fully saturated rings. The zero-order valence-electron chi connectivity index (χ0n) is 10.7. The van der Waals surface area contributed by atoms with E-state index in [9.17, 15) is 0 Å². The van der Waals surface area contributed by atoms with E-state index in [-0.39, 0.29) is 5.60 Å². The van der Waals surface area contributed by atoms with E-state index in [2.05, 4.69) is 18.7 Å². The Morgan fingerprint density at radius 1 is 1.41 bits per heavy atom. The van der Waals surface area contributed by atoms with Crippen LogP contribution in [0, 0.1) is 0 Å². The second kappa shape index (κ2) is 4.45. The number of rotatable bonds is 2.